The van der Waals surface area contributed by atoms with Crippen molar-refractivity contribution in [2.75, 3.05) is 0 Å². The van der Waals surface area contributed by atoms with Crippen molar-refractivity contribution in [3.63, 3.8) is 0 Å². The van der Waals surface area contributed by atoms with Crippen molar-refractivity contribution in [3.05, 3.63) is 41.5 Å². The predicted molar refractivity (Wildman–Crippen MR) is 48.9 cm³/mol. The lowest BCUT2D eigenvalue weighted by atomic mass is 9.87. The number of carbonyl (C=O) groups is 1. The van der Waals surface area contributed by atoms with E-state index in [1.54, 1.807) is 18.4 Å². The second-order valence-electron chi connectivity index (χ2n) is 2.92. The van der Waals surface area contributed by atoms with E-state index < -0.39 is 5.92 Å². The minimum atomic E-state index is -0.721. The number of hydrogen-bond acceptors (Lipinski definition) is 2. The van der Waals surface area contributed by atoms with E-state index in [9.17, 15) is 9.59 Å². The van der Waals surface area contributed by atoms with E-state index in [0.717, 1.165) is 11.1 Å². The zero-order valence-corrected chi connectivity index (χ0v) is 6.86. The molecule has 0 aromatic heterocycles. The van der Waals surface area contributed by atoms with Crippen molar-refractivity contribution in [2.24, 2.45) is 0 Å². The van der Waals surface area contributed by atoms with E-state index in [2.05, 4.69) is 0 Å². The van der Waals surface area contributed by atoms with E-state index in [1.807, 2.05) is 18.2 Å². The highest BCUT2D eigenvalue weighted by molar-refractivity contribution is 6.10. The molecule has 13 heavy (non-hydrogen) atoms. The van der Waals surface area contributed by atoms with Gasteiger partial charge in [0, 0.05) is 0 Å². The van der Waals surface area contributed by atoms with Crippen LogP contribution in [0.15, 0.2) is 30.3 Å². The summed E-state index contributed by atoms with van der Waals surface area (Å²) in [6.45, 7) is 0. The van der Waals surface area contributed by atoms with Crippen LogP contribution in [0.4, 0.5) is 0 Å². The van der Waals surface area contributed by atoms with E-state index in [1.165, 1.54) is 6.08 Å². The Balaban J connectivity index is 2.59. The van der Waals surface area contributed by atoms with Crippen LogP contribution in [0.2, 0.25) is 0 Å². The SMILES string of the molecule is O=[C]C1C(=O)C=Cc2ccccc21. The van der Waals surface area contributed by atoms with Gasteiger partial charge in [0.2, 0.25) is 6.29 Å². The van der Waals surface area contributed by atoms with Crippen LogP contribution in [0.1, 0.15) is 17.0 Å². The van der Waals surface area contributed by atoms with E-state index in [-0.39, 0.29) is 5.78 Å². The van der Waals surface area contributed by atoms with Gasteiger partial charge in [0.1, 0.15) is 5.92 Å². The monoisotopic (exact) mass is 171 g/mol. The van der Waals surface area contributed by atoms with Gasteiger partial charge in [0.25, 0.3) is 0 Å². The van der Waals surface area contributed by atoms with Crippen molar-refractivity contribution >= 4 is 18.1 Å². The molecule has 2 nitrogen and oxygen atoms in total. The van der Waals surface area contributed by atoms with Crippen LogP contribution < -0.4 is 0 Å². The first-order valence-electron chi connectivity index (χ1n) is 4.01. The maximum Gasteiger partial charge on any atom is 0.214 e. The third-order valence-corrected chi connectivity index (χ3v) is 2.14. The third kappa shape index (κ3) is 1.20. The molecule has 0 bridgehead atoms. The lowest BCUT2D eigenvalue weighted by Gasteiger charge is -2.13. The summed E-state index contributed by atoms with van der Waals surface area (Å²) >= 11 is 0. The summed E-state index contributed by atoms with van der Waals surface area (Å²) in [7, 11) is 0. The Bertz CT molecular complexity index is 391. The third-order valence-electron chi connectivity index (χ3n) is 2.14. The maximum absolute atomic E-state index is 11.2. The first-order valence-corrected chi connectivity index (χ1v) is 4.01. The second kappa shape index (κ2) is 2.98. The molecule has 1 aromatic carbocycles. The molecule has 0 saturated carbocycles. The molecule has 0 saturated heterocycles. The van der Waals surface area contributed by atoms with Crippen LogP contribution >= 0.6 is 0 Å². The summed E-state index contributed by atoms with van der Waals surface area (Å²) < 4.78 is 0. The number of allylic oxidation sites excluding steroid dienone is 1. The van der Waals surface area contributed by atoms with Crippen molar-refractivity contribution in [2.45, 2.75) is 5.92 Å². The van der Waals surface area contributed by atoms with Gasteiger partial charge < -0.3 is 0 Å². The van der Waals surface area contributed by atoms with E-state index in [4.69, 9.17) is 0 Å². The number of fused-ring (bicyclic) bond motifs is 1. The van der Waals surface area contributed by atoms with Gasteiger partial charge in [-0.1, -0.05) is 30.3 Å². The molecule has 0 N–H and O–H groups in total. The molecule has 1 unspecified atom stereocenters. The molecular weight excluding hydrogens is 164 g/mol. The van der Waals surface area contributed by atoms with Crippen molar-refractivity contribution in [1.29, 1.82) is 0 Å². The van der Waals surface area contributed by atoms with Gasteiger partial charge in [-0.3, -0.25) is 9.59 Å². The van der Waals surface area contributed by atoms with E-state index in [0.29, 0.717) is 0 Å². The smallest absolute Gasteiger partial charge is 0.214 e. The summed E-state index contributed by atoms with van der Waals surface area (Å²) in [5.74, 6) is -0.908. The molecule has 0 aliphatic heterocycles. The standard InChI is InChI=1S/C11H7O2/c12-7-10-9-4-2-1-3-8(9)5-6-11(10)13/h1-6,10H. The Kier molecular flexibility index (Phi) is 1.81. The lowest BCUT2D eigenvalue weighted by Crippen LogP contribution is -2.15. The summed E-state index contributed by atoms with van der Waals surface area (Å²) in [5, 5.41) is 0. The van der Waals surface area contributed by atoms with Gasteiger partial charge in [-0.15, -0.1) is 0 Å². The molecule has 2 heteroatoms. The average molecular weight is 171 g/mol. The molecule has 0 fully saturated rings. The highest BCUT2D eigenvalue weighted by atomic mass is 16.1. The molecule has 0 spiro atoms. The summed E-state index contributed by atoms with van der Waals surface area (Å²) in [6.07, 6.45) is 4.92. The largest absolute Gasteiger partial charge is 0.294 e. The molecule has 1 atom stereocenters. The number of rotatable bonds is 1. The summed E-state index contributed by atoms with van der Waals surface area (Å²) in [5.41, 5.74) is 1.68. The molecule has 1 aromatic rings. The van der Waals surface area contributed by atoms with Crippen LogP contribution in [0.5, 0.6) is 0 Å². The van der Waals surface area contributed by atoms with E-state index >= 15 is 0 Å². The number of hydrogen-bond donors (Lipinski definition) is 0. The number of benzene rings is 1. The van der Waals surface area contributed by atoms with Crippen LogP contribution in [-0.2, 0) is 9.59 Å². The van der Waals surface area contributed by atoms with Crippen LogP contribution in [0.3, 0.4) is 0 Å². The normalized spacial score (nSPS) is 19.7. The zero-order valence-electron chi connectivity index (χ0n) is 6.86. The molecule has 0 amide bonds. The van der Waals surface area contributed by atoms with Gasteiger partial charge >= 0.3 is 0 Å². The fourth-order valence-electron chi connectivity index (χ4n) is 1.47. The van der Waals surface area contributed by atoms with Crippen molar-refractivity contribution < 1.29 is 9.59 Å². The number of carbonyl (C=O) groups excluding carboxylic acids is 2. The maximum atomic E-state index is 11.2. The molecule has 1 aliphatic rings. The minimum Gasteiger partial charge on any atom is -0.294 e. The van der Waals surface area contributed by atoms with Crippen LogP contribution in [-0.4, -0.2) is 12.1 Å². The topological polar surface area (TPSA) is 34.1 Å². The van der Waals surface area contributed by atoms with Crippen molar-refractivity contribution in [3.8, 4) is 0 Å². The van der Waals surface area contributed by atoms with Crippen LogP contribution in [0, 0.1) is 0 Å². The Labute approximate surface area is 75.9 Å². The molecular formula is C11H7O2. The van der Waals surface area contributed by atoms with Gasteiger partial charge in [-0.25, -0.2) is 0 Å². The Morgan fingerprint density at radius 1 is 1.15 bits per heavy atom. The molecule has 2 rings (SSSR count). The first kappa shape index (κ1) is 7.92. The first-order chi connectivity index (χ1) is 6.33. The van der Waals surface area contributed by atoms with Crippen molar-refractivity contribution in [1.82, 2.24) is 0 Å². The molecule has 0 heterocycles. The van der Waals surface area contributed by atoms with Gasteiger partial charge in [0.05, 0.1) is 0 Å². The minimum absolute atomic E-state index is 0.186. The lowest BCUT2D eigenvalue weighted by molar-refractivity contribution is -0.114. The van der Waals surface area contributed by atoms with Gasteiger partial charge in [-0.2, -0.15) is 0 Å². The van der Waals surface area contributed by atoms with Crippen LogP contribution in [0.25, 0.3) is 6.08 Å². The highest BCUT2D eigenvalue weighted by Crippen LogP contribution is 2.25. The highest BCUT2D eigenvalue weighted by Gasteiger charge is 2.23. The summed E-state index contributed by atoms with van der Waals surface area (Å²) in [6, 6.07) is 7.35. The summed E-state index contributed by atoms with van der Waals surface area (Å²) in [4.78, 5) is 21.8. The van der Waals surface area contributed by atoms with Gasteiger partial charge in [0.15, 0.2) is 5.78 Å². The zero-order chi connectivity index (χ0) is 9.26. The number of ketones is 1. The Hall–Kier alpha value is -1.70. The fraction of sp³-hybridized carbons (Fsp3) is 0.0909. The molecule has 63 valence electrons. The second-order valence-corrected chi connectivity index (χ2v) is 2.92. The average Bonchev–Trinajstić information content (AvgIpc) is 2.18. The quantitative estimate of drug-likeness (QED) is 0.600. The fourth-order valence-corrected chi connectivity index (χ4v) is 1.47. The van der Waals surface area contributed by atoms with Gasteiger partial charge in [-0.05, 0) is 17.2 Å². The predicted octanol–water partition coefficient (Wildman–Crippen LogP) is 1.48. The Morgan fingerprint density at radius 3 is 2.69 bits per heavy atom. The molecule has 1 aliphatic carbocycles. The Morgan fingerprint density at radius 2 is 1.92 bits per heavy atom. The molecule has 1 radical (unpaired) electrons.